The second-order valence-electron chi connectivity index (χ2n) is 9.39. The Labute approximate surface area is 213 Å². The lowest BCUT2D eigenvalue weighted by molar-refractivity contribution is -0.131. The van der Waals surface area contributed by atoms with Crippen molar-refractivity contribution >= 4 is 22.7 Å². The molecule has 0 radical (unpaired) electrons. The Kier molecular flexibility index (Phi) is 8.30. The molecule has 2 amide bonds. The number of likely N-dealkylation sites (tertiary alicyclic amines) is 1. The number of piperidine rings is 1. The molecular weight excluding hydrogens is 482 g/mol. The number of ether oxygens (including phenoxy) is 1. The number of aromatic nitrogens is 1. The van der Waals surface area contributed by atoms with Gasteiger partial charge in [-0.1, -0.05) is 18.2 Å². The maximum atomic E-state index is 13.0. The maximum absolute atomic E-state index is 13.0. The van der Waals surface area contributed by atoms with Crippen LogP contribution in [0.3, 0.4) is 0 Å². The number of alkyl halides is 2. The highest BCUT2D eigenvalue weighted by Crippen LogP contribution is 2.27. The number of amides is 2. The van der Waals surface area contributed by atoms with Crippen LogP contribution in [0, 0.1) is 6.92 Å². The fraction of sp³-hybridized carbons (Fsp3) is 0.370. The third kappa shape index (κ3) is 6.78. The van der Waals surface area contributed by atoms with E-state index >= 15 is 0 Å². The molecular formula is C27H30F2N4O4. The molecule has 2 aromatic carbocycles. The molecule has 0 bridgehead atoms. The first-order valence-electron chi connectivity index (χ1n) is 12.1. The van der Waals surface area contributed by atoms with Crippen LogP contribution < -0.4 is 15.5 Å². The SMILES string of the molecule is Cc1cc(COc2ccc(C(=O)NC3(CC(=O)NO)CCN(CC(F)F)CC3)cc2)c2ccccc2n1. The summed E-state index contributed by atoms with van der Waals surface area (Å²) in [4.78, 5) is 31.1. The molecule has 3 N–H and O–H groups in total. The van der Waals surface area contributed by atoms with Crippen molar-refractivity contribution < 1.29 is 28.3 Å². The van der Waals surface area contributed by atoms with Gasteiger partial charge in [0.25, 0.3) is 12.3 Å². The summed E-state index contributed by atoms with van der Waals surface area (Å²) in [6.07, 6.45) is -2.00. The van der Waals surface area contributed by atoms with Crippen LogP contribution in [0.1, 0.15) is 40.9 Å². The molecule has 1 aliphatic heterocycles. The fourth-order valence-corrected chi connectivity index (χ4v) is 4.74. The van der Waals surface area contributed by atoms with Crippen molar-refractivity contribution in [2.24, 2.45) is 0 Å². The standard InChI is InChI=1S/C27H30F2N4O4/c1-18-14-20(22-4-2-3-5-23(22)30-18)17-37-21-8-6-19(7-9-21)26(35)31-27(15-25(34)32-36)10-12-33(13-11-27)16-24(28)29/h2-9,14,24,36H,10-13,15-17H2,1H3,(H,31,35)(H,32,34). The number of pyridine rings is 1. The van der Waals surface area contributed by atoms with Gasteiger partial charge in [0.05, 0.1) is 24.0 Å². The topological polar surface area (TPSA) is 104 Å². The van der Waals surface area contributed by atoms with Crippen molar-refractivity contribution in [1.29, 1.82) is 0 Å². The molecule has 196 valence electrons. The monoisotopic (exact) mass is 512 g/mol. The summed E-state index contributed by atoms with van der Waals surface area (Å²) < 4.78 is 31.5. The van der Waals surface area contributed by atoms with Crippen LogP contribution in [-0.4, -0.2) is 58.5 Å². The van der Waals surface area contributed by atoms with E-state index in [4.69, 9.17) is 9.94 Å². The second kappa shape index (κ2) is 11.6. The summed E-state index contributed by atoms with van der Waals surface area (Å²) >= 11 is 0. The molecule has 2 heterocycles. The zero-order valence-electron chi connectivity index (χ0n) is 20.5. The van der Waals surface area contributed by atoms with Crippen LogP contribution in [0.5, 0.6) is 5.75 Å². The highest BCUT2D eigenvalue weighted by atomic mass is 19.3. The Balaban J connectivity index is 1.41. The number of hydroxylamine groups is 1. The van der Waals surface area contributed by atoms with E-state index in [9.17, 15) is 18.4 Å². The molecule has 1 fully saturated rings. The molecule has 37 heavy (non-hydrogen) atoms. The van der Waals surface area contributed by atoms with Crippen LogP contribution in [0.15, 0.2) is 54.6 Å². The number of benzene rings is 2. The van der Waals surface area contributed by atoms with Gasteiger partial charge in [-0.2, -0.15) is 0 Å². The molecule has 4 rings (SSSR count). The van der Waals surface area contributed by atoms with E-state index in [0.717, 1.165) is 22.2 Å². The smallest absolute Gasteiger partial charge is 0.251 e. The van der Waals surface area contributed by atoms with Gasteiger partial charge in [-0.05, 0) is 56.2 Å². The van der Waals surface area contributed by atoms with Gasteiger partial charge >= 0.3 is 0 Å². The summed E-state index contributed by atoms with van der Waals surface area (Å²) in [5.41, 5.74) is 3.83. The Morgan fingerprint density at radius 2 is 1.84 bits per heavy atom. The van der Waals surface area contributed by atoms with Crippen LogP contribution in [0.2, 0.25) is 0 Å². The molecule has 0 saturated carbocycles. The summed E-state index contributed by atoms with van der Waals surface area (Å²) in [6, 6.07) is 16.5. The van der Waals surface area contributed by atoms with Crippen LogP contribution in [0.4, 0.5) is 8.78 Å². The van der Waals surface area contributed by atoms with Crippen molar-refractivity contribution in [2.75, 3.05) is 19.6 Å². The van der Waals surface area contributed by atoms with E-state index in [1.807, 2.05) is 37.3 Å². The van der Waals surface area contributed by atoms with Gasteiger partial charge in [-0.25, -0.2) is 14.3 Å². The molecule has 1 aromatic heterocycles. The molecule has 0 unspecified atom stereocenters. The van der Waals surface area contributed by atoms with Crippen molar-refractivity contribution in [2.45, 2.75) is 44.8 Å². The van der Waals surface area contributed by atoms with Gasteiger partial charge in [-0.15, -0.1) is 0 Å². The summed E-state index contributed by atoms with van der Waals surface area (Å²) in [5, 5.41) is 12.9. The van der Waals surface area contributed by atoms with Gasteiger partial charge in [0.1, 0.15) is 12.4 Å². The third-order valence-electron chi connectivity index (χ3n) is 6.65. The molecule has 0 aliphatic carbocycles. The van der Waals surface area contributed by atoms with Gasteiger partial charge in [0, 0.05) is 35.3 Å². The number of nitrogens with zero attached hydrogens (tertiary/aromatic N) is 2. The van der Waals surface area contributed by atoms with E-state index < -0.39 is 23.8 Å². The number of carbonyl (C=O) groups is 2. The van der Waals surface area contributed by atoms with Crippen molar-refractivity contribution in [1.82, 2.24) is 20.7 Å². The normalized spacial score (nSPS) is 15.5. The van der Waals surface area contributed by atoms with Crippen LogP contribution in [0.25, 0.3) is 10.9 Å². The molecule has 1 saturated heterocycles. The number of halogens is 2. The number of hydrogen-bond acceptors (Lipinski definition) is 6. The predicted molar refractivity (Wildman–Crippen MR) is 134 cm³/mol. The van der Waals surface area contributed by atoms with Gasteiger partial charge < -0.3 is 10.1 Å². The number of carbonyl (C=O) groups excluding carboxylic acids is 2. The minimum atomic E-state index is -2.45. The lowest BCUT2D eigenvalue weighted by Gasteiger charge is -2.42. The van der Waals surface area contributed by atoms with E-state index in [1.165, 1.54) is 0 Å². The number of hydrogen-bond donors (Lipinski definition) is 3. The zero-order valence-corrected chi connectivity index (χ0v) is 20.5. The van der Waals surface area contributed by atoms with Crippen molar-refractivity contribution in [3.8, 4) is 5.75 Å². The van der Waals surface area contributed by atoms with Gasteiger partial charge in [-0.3, -0.25) is 24.7 Å². The quantitative estimate of drug-likeness (QED) is 0.297. The third-order valence-corrected chi connectivity index (χ3v) is 6.65. The lowest BCUT2D eigenvalue weighted by Crippen LogP contribution is -2.57. The molecule has 3 aromatic rings. The number of aryl methyl sites for hydroxylation is 1. The Hall–Kier alpha value is -3.63. The Bertz CT molecular complexity index is 1240. The second-order valence-corrected chi connectivity index (χ2v) is 9.39. The summed E-state index contributed by atoms with van der Waals surface area (Å²) in [6.45, 7) is 2.53. The fourth-order valence-electron chi connectivity index (χ4n) is 4.74. The number of fused-ring (bicyclic) bond motifs is 1. The van der Waals surface area contributed by atoms with Crippen molar-refractivity contribution in [3.63, 3.8) is 0 Å². The summed E-state index contributed by atoms with van der Waals surface area (Å²) in [7, 11) is 0. The largest absolute Gasteiger partial charge is 0.489 e. The first kappa shape index (κ1) is 26.4. The molecule has 10 heteroatoms. The Morgan fingerprint density at radius 1 is 1.14 bits per heavy atom. The number of rotatable bonds is 9. The molecule has 0 atom stereocenters. The molecule has 0 spiro atoms. The summed E-state index contributed by atoms with van der Waals surface area (Å²) in [5.74, 6) is -0.453. The minimum absolute atomic E-state index is 0.155. The van der Waals surface area contributed by atoms with E-state index in [-0.39, 0.29) is 13.0 Å². The molecule has 1 aliphatic rings. The highest BCUT2D eigenvalue weighted by molar-refractivity contribution is 5.95. The highest BCUT2D eigenvalue weighted by Gasteiger charge is 2.38. The first-order valence-corrected chi connectivity index (χ1v) is 12.1. The first-order chi connectivity index (χ1) is 17.8. The van der Waals surface area contributed by atoms with E-state index in [0.29, 0.717) is 43.9 Å². The van der Waals surface area contributed by atoms with Crippen LogP contribution in [-0.2, 0) is 11.4 Å². The van der Waals surface area contributed by atoms with Crippen molar-refractivity contribution in [3.05, 3.63) is 71.4 Å². The Morgan fingerprint density at radius 3 is 2.51 bits per heavy atom. The maximum Gasteiger partial charge on any atom is 0.251 e. The van der Waals surface area contributed by atoms with E-state index in [1.54, 1.807) is 34.6 Å². The number of nitrogens with one attached hydrogen (secondary N) is 2. The van der Waals surface area contributed by atoms with Crippen LogP contribution >= 0.6 is 0 Å². The number of para-hydroxylation sites is 1. The average Bonchev–Trinajstić information content (AvgIpc) is 2.88. The predicted octanol–water partition coefficient (Wildman–Crippen LogP) is 3.85. The average molecular weight is 513 g/mol. The van der Waals surface area contributed by atoms with E-state index in [2.05, 4.69) is 10.3 Å². The van der Waals surface area contributed by atoms with Gasteiger partial charge in [0.2, 0.25) is 5.91 Å². The minimum Gasteiger partial charge on any atom is -0.489 e. The molecule has 8 nitrogen and oxygen atoms in total. The zero-order chi connectivity index (χ0) is 26.4. The lowest BCUT2D eigenvalue weighted by atomic mass is 9.83. The van der Waals surface area contributed by atoms with Gasteiger partial charge in [0.15, 0.2) is 0 Å².